The highest BCUT2D eigenvalue weighted by molar-refractivity contribution is 8.11. The third kappa shape index (κ3) is 5.47. The van der Waals surface area contributed by atoms with E-state index in [4.69, 9.17) is 10.7 Å². The van der Waals surface area contributed by atoms with Crippen LogP contribution in [0.15, 0.2) is 0 Å². The molecule has 0 N–H and O–H groups in total. The average Bonchev–Trinajstić information content (AvgIpc) is 1.86. The van der Waals surface area contributed by atoms with Crippen molar-refractivity contribution in [3.05, 3.63) is 0 Å². The van der Waals surface area contributed by atoms with Crippen LogP contribution in [0.4, 0.5) is 0 Å². The molecule has 5 heteroatoms. The van der Waals surface area contributed by atoms with E-state index in [1.807, 2.05) is 0 Å². The Morgan fingerprint density at radius 1 is 1.36 bits per heavy atom. The van der Waals surface area contributed by atoms with Gasteiger partial charge in [0.2, 0.25) is 0 Å². The van der Waals surface area contributed by atoms with Crippen LogP contribution in [0.5, 0.6) is 0 Å². The Bertz CT molecular complexity index is 191. The maximum Gasteiger partial charge on any atom is 0.299 e. The molecular formula is C6H14ClNO2S. The largest absolute Gasteiger partial charge is 0.299 e. The fourth-order valence-corrected chi connectivity index (χ4v) is 1.25. The lowest BCUT2D eigenvalue weighted by atomic mass is 10.2. The third-order valence-electron chi connectivity index (χ3n) is 1.45. The summed E-state index contributed by atoms with van der Waals surface area (Å²) in [5.41, 5.74) is 0. The van der Waals surface area contributed by atoms with Gasteiger partial charge in [-0.3, -0.25) is 0 Å². The Morgan fingerprint density at radius 2 is 1.91 bits per heavy atom. The predicted octanol–water partition coefficient (Wildman–Crippen LogP) is 1.59. The molecule has 0 atom stereocenters. The zero-order valence-electron chi connectivity index (χ0n) is 6.88. The molecule has 0 aromatic heterocycles. The molecule has 0 aromatic carbocycles. The third-order valence-corrected chi connectivity index (χ3v) is 3.08. The molecule has 11 heavy (non-hydrogen) atoms. The monoisotopic (exact) mass is 199 g/mol. The molecule has 0 aliphatic carbocycles. The topological polar surface area (TPSA) is 37.4 Å². The second kappa shape index (κ2) is 4.95. The smallest absolute Gasteiger partial charge is 0.195 e. The molecule has 0 amide bonds. The van der Waals surface area contributed by atoms with Crippen molar-refractivity contribution in [3.63, 3.8) is 0 Å². The molecule has 0 saturated carbocycles. The van der Waals surface area contributed by atoms with Crippen molar-refractivity contribution in [1.82, 2.24) is 4.31 Å². The van der Waals surface area contributed by atoms with Crippen LogP contribution >= 0.6 is 10.7 Å². The van der Waals surface area contributed by atoms with Gasteiger partial charge in [-0.1, -0.05) is 19.8 Å². The average molecular weight is 200 g/mol. The van der Waals surface area contributed by atoms with Crippen LogP contribution in [0.1, 0.15) is 26.2 Å². The van der Waals surface area contributed by atoms with Gasteiger partial charge in [0.25, 0.3) is 9.24 Å². The van der Waals surface area contributed by atoms with Crippen molar-refractivity contribution < 1.29 is 8.42 Å². The van der Waals surface area contributed by atoms with Gasteiger partial charge in [-0.05, 0) is 6.42 Å². The van der Waals surface area contributed by atoms with Gasteiger partial charge in [-0.15, -0.1) is 0 Å². The maximum atomic E-state index is 10.6. The molecule has 0 spiro atoms. The first-order valence-corrected chi connectivity index (χ1v) is 5.91. The highest BCUT2D eigenvalue weighted by atomic mass is 35.7. The van der Waals surface area contributed by atoms with Crippen molar-refractivity contribution in [3.8, 4) is 0 Å². The lowest BCUT2D eigenvalue weighted by molar-refractivity contribution is 0.466. The summed E-state index contributed by atoms with van der Waals surface area (Å²) in [5, 5.41) is 0. The second-order valence-corrected chi connectivity index (χ2v) is 5.09. The highest BCUT2D eigenvalue weighted by Crippen LogP contribution is 2.05. The van der Waals surface area contributed by atoms with Crippen molar-refractivity contribution in [1.29, 1.82) is 0 Å². The standard InChI is InChI=1S/C6H14ClNO2S/c1-3-4-5-6-8(2)11(7,9)10/h3-6H2,1-2H3. The summed E-state index contributed by atoms with van der Waals surface area (Å²) < 4.78 is 22.4. The maximum absolute atomic E-state index is 10.6. The van der Waals surface area contributed by atoms with Gasteiger partial charge in [0, 0.05) is 24.3 Å². The quantitative estimate of drug-likeness (QED) is 0.498. The van der Waals surface area contributed by atoms with Crippen LogP contribution in [0.25, 0.3) is 0 Å². The number of nitrogens with zero attached hydrogens (tertiary/aromatic N) is 1. The van der Waals surface area contributed by atoms with E-state index in [-0.39, 0.29) is 0 Å². The Hall–Kier alpha value is 0.200. The molecule has 0 rings (SSSR count). The van der Waals surface area contributed by atoms with Gasteiger partial charge in [0.1, 0.15) is 0 Å². The SMILES string of the molecule is CCCCCN(C)S(=O)(=O)Cl. The number of hydrogen-bond acceptors (Lipinski definition) is 2. The van der Waals surface area contributed by atoms with E-state index in [2.05, 4.69) is 6.92 Å². The summed E-state index contributed by atoms with van der Waals surface area (Å²) in [6, 6.07) is 0. The number of hydrogen-bond donors (Lipinski definition) is 0. The van der Waals surface area contributed by atoms with Crippen molar-refractivity contribution in [2.75, 3.05) is 13.6 Å². The van der Waals surface area contributed by atoms with Gasteiger partial charge in [-0.25, -0.2) is 0 Å². The number of rotatable bonds is 5. The van der Waals surface area contributed by atoms with Crippen LogP contribution in [0.3, 0.4) is 0 Å². The second-order valence-electron chi connectivity index (χ2n) is 2.47. The molecule has 0 fully saturated rings. The van der Waals surface area contributed by atoms with Crippen LogP contribution in [-0.4, -0.2) is 26.3 Å². The fourth-order valence-electron chi connectivity index (χ4n) is 0.694. The van der Waals surface area contributed by atoms with Crippen LogP contribution in [0.2, 0.25) is 0 Å². The normalized spacial score (nSPS) is 12.4. The molecule has 68 valence electrons. The van der Waals surface area contributed by atoms with E-state index in [9.17, 15) is 8.42 Å². The minimum absolute atomic E-state index is 0.514. The molecule has 0 radical (unpaired) electrons. The number of halogens is 1. The molecule has 0 aliphatic rings. The first kappa shape index (κ1) is 11.2. The molecule has 0 bridgehead atoms. The molecule has 0 aliphatic heterocycles. The molecular weight excluding hydrogens is 186 g/mol. The van der Waals surface area contributed by atoms with Crippen molar-refractivity contribution in [2.24, 2.45) is 0 Å². The van der Waals surface area contributed by atoms with Crippen molar-refractivity contribution in [2.45, 2.75) is 26.2 Å². The zero-order chi connectivity index (χ0) is 8.91. The van der Waals surface area contributed by atoms with Gasteiger partial charge in [-0.2, -0.15) is 12.7 Å². The van der Waals surface area contributed by atoms with Crippen LogP contribution in [0, 0.1) is 0 Å². The molecule has 0 unspecified atom stereocenters. The summed E-state index contributed by atoms with van der Waals surface area (Å²) in [6.07, 6.45) is 2.99. The van der Waals surface area contributed by atoms with Crippen molar-refractivity contribution >= 4 is 19.9 Å². The Kier molecular flexibility index (Phi) is 5.04. The van der Waals surface area contributed by atoms with E-state index < -0.39 is 9.24 Å². The first-order valence-electron chi connectivity index (χ1n) is 3.64. The Balaban J connectivity index is 3.62. The zero-order valence-corrected chi connectivity index (χ0v) is 8.45. The predicted molar refractivity (Wildman–Crippen MR) is 46.9 cm³/mol. The Morgan fingerprint density at radius 3 is 2.27 bits per heavy atom. The first-order chi connectivity index (χ1) is 4.98. The molecule has 0 heterocycles. The molecule has 0 saturated heterocycles. The fraction of sp³-hybridized carbons (Fsp3) is 1.00. The van der Waals surface area contributed by atoms with E-state index in [0.717, 1.165) is 23.6 Å². The van der Waals surface area contributed by atoms with E-state index in [0.29, 0.717) is 6.54 Å². The molecule has 0 aromatic rings. The summed E-state index contributed by atoms with van der Waals surface area (Å²) in [7, 11) is 3.07. The Labute approximate surface area is 72.9 Å². The number of unbranched alkanes of at least 4 members (excludes halogenated alkanes) is 2. The summed E-state index contributed by atoms with van der Waals surface area (Å²) >= 11 is 0. The van der Waals surface area contributed by atoms with E-state index >= 15 is 0 Å². The van der Waals surface area contributed by atoms with E-state index in [1.165, 1.54) is 7.05 Å². The summed E-state index contributed by atoms with van der Waals surface area (Å²) in [4.78, 5) is 0. The minimum Gasteiger partial charge on any atom is -0.195 e. The van der Waals surface area contributed by atoms with Gasteiger partial charge < -0.3 is 0 Å². The van der Waals surface area contributed by atoms with Gasteiger partial charge in [0.05, 0.1) is 0 Å². The summed E-state index contributed by atoms with van der Waals surface area (Å²) in [5.74, 6) is 0. The summed E-state index contributed by atoms with van der Waals surface area (Å²) in [6.45, 7) is 2.58. The van der Waals surface area contributed by atoms with Crippen LogP contribution in [-0.2, 0) is 9.24 Å². The highest BCUT2D eigenvalue weighted by Gasteiger charge is 2.11. The minimum atomic E-state index is -3.48. The molecule has 3 nitrogen and oxygen atoms in total. The lowest BCUT2D eigenvalue weighted by Gasteiger charge is -2.10. The lowest BCUT2D eigenvalue weighted by Crippen LogP contribution is -2.23. The van der Waals surface area contributed by atoms with Gasteiger partial charge in [0.15, 0.2) is 0 Å². The van der Waals surface area contributed by atoms with Crippen LogP contribution < -0.4 is 0 Å². The van der Waals surface area contributed by atoms with E-state index in [1.54, 1.807) is 0 Å². The van der Waals surface area contributed by atoms with Gasteiger partial charge >= 0.3 is 0 Å².